The Bertz CT molecular complexity index is 185. The van der Waals surface area contributed by atoms with Crippen molar-refractivity contribution >= 4 is 0 Å². The van der Waals surface area contributed by atoms with Crippen molar-refractivity contribution in [3.63, 3.8) is 0 Å². The monoisotopic (exact) mass is 216 g/mol. The number of aliphatic hydroxyl groups is 2. The Balaban J connectivity index is 1.98. The van der Waals surface area contributed by atoms with E-state index in [9.17, 15) is 0 Å². The maximum Gasteiger partial charge on any atom is 0.169 e. The molecule has 2 heterocycles. The van der Waals surface area contributed by atoms with E-state index in [-0.39, 0.29) is 25.4 Å². The third-order valence-electron chi connectivity index (χ3n) is 3.34. The lowest BCUT2D eigenvalue weighted by Gasteiger charge is -2.45. The third kappa shape index (κ3) is 2.50. The van der Waals surface area contributed by atoms with Crippen molar-refractivity contribution in [1.29, 1.82) is 0 Å². The van der Waals surface area contributed by atoms with Gasteiger partial charge in [-0.15, -0.1) is 0 Å². The highest BCUT2D eigenvalue weighted by Crippen LogP contribution is 2.38. The van der Waals surface area contributed by atoms with E-state index in [1.807, 2.05) is 0 Å². The summed E-state index contributed by atoms with van der Waals surface area (Å²) in [6.45, 7) is 0.129. The van der Waals surface area contributed by atoms with Crippen molar-refractivity contribution in [2.24, 2.45) is 0 Å². The van der Waals surface area contributed by atoms with Gasteiger partial charge in [-0.2, -0.15) is 0 Å². The van der Waals surface area contributed by atoms with Crippen LogP contribution in [0.2, 0.25) is 0 Å². The summed E-state index contributed by atoms with van der Waals surface area (Å²) in [5.74, 6) is -0.517. The molecule has 1 spiro atoms. The molecule has 2 rings (SSSR count). The minimum Gasteiger partial charge on any atom is -0.394 e. The Kier molecular flexibility index (Phi) is 3.61. The van der Waals surface area contributed by atoms with Gasteiger partial charge in [-0.25, -0.2) is 0 Å². The number of hydrogen-bond donors (Lipinski definition) is 2. The minimum atomic E-state index is -0.517. The maximum absolute atomic E-state index is 9.10. The van der Waals surface area contributed by atoms with Crippen LogP contribution in [0.5, 0.6) is 0 Å². The molecule has 0 aromatic heterocycles. The first-order valence-electron chi connectivity index (χ1n) is 5.85. The van der Waals surface area contributed by atoms with Crippen molar-refractivity contribution in [3.05, 3.63) is 0 Å². The second-order valence-corrected chi connectivity index (χ2v) is 4.54. The standard InChI is InChI=1S/C11H20O4/c12-7-9-3-1-5-11(14-9)6-2-4-10(8-13)15-11/h9-10,12-13H,1-8H2/t9-,10-,11?/m1/s1. The van der Waals surface area contributed by atoms with Gasteiger partial charge in [0.05, 0.1) is 25.4 Å². The van der Waals surface area contributed by atoms with E-state index in [1.54, 1.807) is 0 Å². The minimum absolute atomic E-state index is 0.0644. The van der Waals surface area contributed by atoms with Crippen LogP contribution in [0, 0.1) is 0 Å². The SMILES string of the molecule is OC[C@H]1CCCC2(CCC[C@H](CO)O2)O1. The van der Waals surface area contributed by atoms with Crippen LogP contribution in [0.3, 0.4) is 0 Å². The zero-order chi connectivity index (χ0) is 10.7. The summed E-state index contributed by atoms with van der Waals surface area (Å²) in [6.07, 6.45) is 5.48. The molecule has 2 saturated heterocycles. The lowest BCUT2D eigenvalue weighted by Crippen LogP contribution is -2.49. The van der Waals surface area contributed by atoms with Gasteiger partial charge in [0.15, 0.2) is 5.79 Å². The largest absolute Gasteiger partial charge is 0.394 e. The molecule has 0 radical (unpaired) electrons. The van der Waals surface area contributed by atoms with Gasteiger partial charge < -0.3 is 19.7 Å². The molecule has 88 valence electrons. The van der Waals surface area contributed by atoms with E-state index >= 15 is 0 Å². The normalized spacial score (nSPS) is 35.6. The first-order chi connectivity index (χ1) is 7.28. The van der Waals surface area contributed by atoms with Crippen LogP contribution >= 0.6 is 0 Å². The topological polar surface area (TPSA) is 58.9 Å². The number of rotatable bonds is 2. The number of aliphatic hydroxyl groups excluding tert-OH is 2. The smallest absolute Gasteiger partial charge is 0.169 e. The quantitative estimate of drug-likeness (QED) is 0.717. The average Bonchev–Trinajstić information content (AvgIpc) is 2.29. The summed E-state index contributed by atoms with van der Waals surface area (Å²) >= 11 is 0. The highest BCUT2D eigenvalue weighted by Gasteiger charge is 2.42. The van der Waals surface area contributed by atoms with Gasteiger partial charge in [-0.1, -0.05) is 0 Å². The molecular weight excluding hydrogens is 196 g/mol. The molecule has 0 bridgehead atoms. The summed E-state index contributed by atoms with van der Waals surface area (Å²) < 4.78 is 11.6. The number of hydrogen-bond acceptors (Lipinski definition) is 4. The second kappa shape index (κ2) is 4.78. The lowest BCUT2D eigenvalue weighted by molar-refractivity contribution is -0.320. The summed E-state index contributed by atoms with van der Waals surface area (Å²) in [5.41, 5.74) is 0. The fraction of sp³-hybridized carbons (Fsp3) is 1.00. The van der Waals surface area contributed by atoms with Gasteiger partial charge in [-0.3, -0.25) is 0 Å². The van der Waals surface area contributed by atoms with Crippen molar-refractivity contribution in [2.75, 3.05) is 13.2 Å². The van der Waals surface area contributed by atoms with Gasteiger partial charge in [0.25, 0.3) is 0 Å². The molecule has 15 heavy (non-hydrogen) atoms. The van der Waals surface area contributed by atoms with Crippen molar-refractivity contribution in [2.45, 2.75) is 56.5 Å². The molecule has 4 nitrogen and oxygen atoms in total. The van der Waals surface area contributed by atoms with E-state index in [0.29, 0.717) is 0 Å². The summed E-state index contributed by atoms with van der Waals surface area (Å²) in [7, 11) is 0. The average molecular weight is 216 g/mol. The highest BCUT2D eigenvalue weighted by atomic mass is 16.7. The van der Waals surface area contributed by atoms with Crippen LogP contribution < -0.4 is 0 Å². The highest BCUT2D eigenvalue weighted by molar-refractivity contribution is 4.83. The zero-order valence-electron chi connectivity index (χ0n) is 9.02. The molecule has 0 aliphatic carbocycles. The lowest BCUT2D eigenvalue weighted by atomic mass is 9.93. The van der Waals surface area contributed by atoms with Crippen LogP contribution in [0.25, 0.3) is 0 Å². The van der Waals surface area contributed by atoms with Gasteiger partial charge in [0.1, 0.15) is 0 Å². The van der Waals surface area contributed by atoms with Crippen molar-refractivity contribution < 1.29 is 19.7 Å². The van der Waals surface area contributed by atoms with E-state index in [4.69, 9.17) is 19.7 Å². The van der Waals surface area contributed by atoms with Crippen LogP contribution in [-0.2, 0) is 9.47 Å². The Hall–Kier alpha value is -0.160. The molecule has 2 atom stereocenters. The molecule has 2 fully saturated rings. The van der Waals surface area contributed by atoms with E-state index < -0.39 is 5.79 Å². The van der Waals surface area contributed by atoms with Crippen molar-refractivity contribution in [3.8, 4) is 0 Å². The predicted octanol–water partition coefficient (Wildman–Crippen LogP) is 0.805. The van der Waals surface area contributed by atoms with Crippen LogP contribution in [-0.4, -0.2) is 41.4 Å². The van der Waals surface area contributed by atoms with Gasteiger partial charge in [0.2, 0.25) is 0 Å². The third-order valence-corrected chi connectivity index (χ3v) is 3.34. The van der Waals surface area contributed by atoms with Gasteiger partial charge in [0, 0.05) is 12.8 Å². The van der Waals surface area contributed by atoms with Crippen LogP contribution in [0.4, 0.5) is 0 Å². The fourth-order valence-electron chi connectivity index (χ4n) is 2.57. The molecule has 0 unspecified atom stereocenters. The first-order valence-corrected chi connectivity index (χ1v) is 5.85. The molecule has 2 aliphatic rings. The van der Waals surface area contributed by atoms with Crippen LogP contribution in [0.1, 0.15) is 38.5 Å². The number of ether oxygens (including phenoxy) is 2. The fourth-order valence-corrected chi connectivity index (χ4v) is 2.57. The van der Waals surface area contributed by atoms with E-state index in [0.717, 1.165) is 38.5 Å². The van der Waals surface area contributed by atoms with E-state index in [2.05, 4.69) is 0 Å². The Morgan fingerprint density at radius 3 is 1.80 bits per heavy atom. The molecular formula is C11H20O4. The van der Waals surface area contributed by atoms with Crippen LogP contribution in [0.15, 0.2) is 0 Å². The Labute approximate surface area is 90.2 Å². The van der Waals surface area contributed by atoms with Crippen molar-refractivity contribution in [1.82, 2.24) is 0 Å². The Morgan fingerprint density at radius 2 is 1.40 bits per heavy atom. The van der Waals surface area contributed by atoms with Gasteiger partial charge >= 0.3 is 0 Å². The molecule has 0 saturated carbocycles. The molecule has 2 aliphatic heterocycles. The first kappa shape index (κ1) is 11.3. The predicted molar refractivity (Wildman–Crippen MR) is 54.4 cm³/mol. The molecule has 0 aromatic rings. The molecule has 2 N–H and O–H groups in total. The summed E-state index contributed by atoms with van der Waals surface area (Å²) in [6, 6.07) is 0. The molecule has 0 amide bonds. The molecule has 0 aromatic carbocycles. The summed E-state index contributed by atoms with van der Waals surface area (Å²) in [4.78, 5) is 0. The zero-order valence-corrected chi connectivity index (χ0v) is 9.02. The Morgan fingerprint density at radius 1 is 0.933 bits per heavy atom. The maximum atomic E-state index is 9.10. The summed E-state index contributed by atoms with van der Waals surface area (Å²) in [5, 5.41) is 18.2. The molecule has 4 heteroatoms. The van der Waals surface area contributed by atoms with E-state index in [1.165, 1.54) is 0 Å². The van der Waals surface area contributed by atoms with Gasteiger partial charge in [-0.05, 0) is 25.7 Å². The second-order valence-electron chi connectivity index (χ2n) is 4.54.